The zero-order valence-corrected chi connectivity index (χ0v) is 19.1. The molecule has 0 aliphatic heterocycles. The lowest BCUT2D eigenvalue weighted by Crippen LogP contribution is -2.24. The molecule has 0 fully saturated rings. The highest BCUT2D eigenvalue weighted by Gasteiger charge is 2.14. The number of amides is 1. The molecule has 0 saturated carbocycles. The minimum Gasteiger partial charge on any atom is -0.324 e. The summed E-state index contributed by atoms with van der Waals surface area (Å²) in [5.74, 6) is -0.0298. The largest absolute Gasteiger partial charge is 0.324 e. The average Bonchev–Trinajstić information content (AvgIpc) is 2.76. The van der Waals surface area contributed by atoms with Crippen LogP contribution in [0.5, 0.6) is 0 Å². The Morgan fingerprint density at radius 3 is 2.74 bits per heavy atom. The number of fused-ring (bicyclic) bond motifs is 1. The van der Waals surface area contributed by atoms with Crippen molar-refractivity contribution in [2.75, 3.05) is 11.1 Å². The predicted octanol–water partition coefficient (Wildman–Crippen LogP) is 4.93. The van der Waals surface area contributed by atoms with Crippen molar-refractivity contribution >= 4 is 46.0 Å². The smallest absolute Gasteiger partial charge is 0.262 e. The summed E-state index contributed by atoms with van der Waals surface area (Å²) < 4.78 is 1.65. The molecule has 0 unspecified atom stereocenters. The first kappa shape index (κ1) is 22.9. The molecule has 31 heavy (non-hydrogen) atoms. The van der Waals surface area contributed by atoms with Crippen molar-refractivity contribution in [1.82, 2.24) is 9.55 Å². The Morgan fingerprint density at radius 1 is 1.23 bits per heavy atom. The summed E-state index contributed by atoms with van der Waals surface area (Å²) in [5.41, 5.74) is 1.28. The molecule has 2 aromatic carbocycles. The molecule has 1 amide bonds. The van der Waals surface area contributed by atoms with Gasteiger partial charge in [0.15, 0.2) is 5.16 Å². The minimum absolute atomic E-state index is 0.0800. The fourth-order valence-electron chi connectivity index (χ4n) is 3.05. The molecule has 8 heteroatoms. The fraction of sp³-hybridized carbons (Fsp3) is 0.304. The summed E-state index contributed by atoms with van der Waals surface area (Å²) >= 11 is 2.82. The first-order valence-corrected chi connectivity index (χ1v) is 11.9. The maximum atomic E-state index is 12.9. The van der Waals surface area contributed by atoms with E-state index in [9.17, 15) is 9.59 Å². The van der Waals surface area contributed by atoms with Gasteiger partial charge in [-0.3, -0.25) is 14.2 Å². The second-order valence-electron chi connectivity index (χ2n) is 6.99. The fourth-order valence-corrected chi connectivity index (χ4v) is 4.87. The zero-order chi connectivity index (χ0) is 22.2. The van der Waals surface area contributed by atoms with Crippen molar-refractivity contribution in [3.8, 4) is 6.07 Å². The quantitative estimate of drug-likeness (QED) is 0.366. The summed E-state index contributed by atoms with van der Waals surface area (Å²) in [4.78, 5) is 31.1. The number of para-hydroxylation sites is 2. The normalized spacial score (nSPS) is 11.8. The molecule has 0 saturated heterocycles. The van der Waals surface area contributed by atoms with Gasteiger partial charge in [-0.05, 0) is 30.7 Å². The van der Waals surface area contributed by atoms with Crippen LogP contribution in [0.15, 0.2) is 63.4 Å². The summed E-state index contributed by atoms with van der Waals surface area (Å²) in [6, 6.07) is 17.0. The van der Waals surface area contributed by atoms with Crippen LogP contribution in [0.3, 0.4) is 0 Å². The summed E-state index contributed by atoms with van der Waals surface area (Å²) in [6.07, 6.45) is 1.23. The molecule has 1 atom stereocenters. The van der Waals surface area contributed by atoms with E-state index in [4.69, 9.17) is 5.26 Å². The van der Waals surface area contributed by atoms with Gasteiger partial charge in [-0.25, -0.2) is 4.98 Å². The van der Waals surface area contributed by atoms with Crippen LogP contribution in [-0.4, -0.2) is 26.5 Å². The van der Waals surface area contributed by atoms with Crippen LogP contribution < -0.4 is 10.9 Å². The van der Waals surface area contributed by atoms with Crippen LogP contribution in [-0.2, 0) is 11.3 Å². The molecule has 1 heterocycles. The van der Waals surface area contributed by atoms with Crippen LogP contribution in [0, 0.1) is 11.3 Å². The third kappa shape index (κ3) is 5.90. The highest BCUT2D eigenvalue weighted by atomic mass is 32.2. The summed E-state index contributed by atoms with van der Waals surface area (Å²) in [7, 11) is 0. The zero-order valence-electron chi connectivity index (χ0n) is 17.5. The van der Waals surface area contributed by atoms with Gasteiger partial charge in [0, 0.05) is 23.1 Å². The Kier molecular flexibility index (Phi) is 8.15. The lowest BCUT2D eigenvalue weighted by atomic mass is 10.2. The van der Waals surface area contributed by atoms with E-state index in [0.717, 1.165) is 17.0 Å². The SMILES string of the molecule is CCCn1c(SCC(=O)Nc2ccccc2S[C@@H](C)CC#N)nc2ccccc2c1=O. The average molecular weight is 453 g/mol. The van der Waals surface area contributed by atoms with Gasteiger partial charge in [-0.2, -0.15) is 5.26 Å². The Hall–Kier alpha value is -2.76. The molecule has 160 valence electrons. The second-order valence-corrected chi connectivity index (χ2v) is 9.41. The number of carbonyl (C=O) groups excluding carboxylic acids is 1. The van der Waals surface area contributed by atoms with Crippen LogP contribution in [0.4, 0.5) is 5.69 Å². The molecular weight excluding hydrogens is 428 g/mol. The van der Waals surface area contributed by atoms with Gasteiger partial charge < -0.3 is 5.32 Å². The number of thioether (sulfide) groups is 2. The van der Waals surface area contributed by atoms with E-state index in [1.54, 1.807) is 22.4 Å². The lowest BCUT2D eigenvalue weighted by molar-refractivity contribution is -0.113. The van der Waals surface area contributed by atoms with Gasteiger partial charge in [0.25, 0.3) is 5.56 Å². The van der Waals surface area contributed by atoms with Crippen LogP contribution in [0.2, 0.25) is 0 Å². The number of anilines is 1. The molecule has 3 rings (SSSR count). The number of nitriles is 1. The number of hydrogen-bond donors (Lipinski definition) is 1. The molecule has 0 radical (unpaired) electrons. The van der Waals surface area contributed by atoms with E-state index in [-0.39, 0.29) is 22.5 Å². The Balaban J connectivity index is 1.75. The molecule has 6 nitrogen and oxygen atoms in total. The maximum Gasteiger partial charge on any atom is 0.262 e. The van der Waals surface area contributed by atoms with Gasteiger partial charge in [-0.15, -0.1) is 11.8 Å². The number of nitrogens with one attached hydrogen (secondary N) is 1. The van der Waals surface area contributed by atoms with E-state index in [1.165, 1.54) is 11.8 Å². The number of nitrogens with zero attached hydrogens (tertiary/aromatic N) is 3. The van der Waals surface area contributed by atoms with Crippen molar-refractivity contribution in [3.05, 3.63) is 58.9 Å². The molecule has 0 aliphatic carbocycles. The standard InChI is InChI=1S/C23H24N4O2S2/c1-3-14-27-22(29)17-8-4-5-9-18(17)26-23(27)30-15-21(28)25-19-10-6-7-11-20(19)31-16(2)12-13-24/h4-11,16H,3,12,14-15H2,1-2H3,(H,25,28)/t16-/m0/s1. The molecule has 1 aromatic heterocycles. The minimum atomic E-state index is -0.170. The number of rotatable bonds is 9. The maximum absolute atomic E-state index is 12.9. The molecule has 0 aliphatic rings. The van der Waals surface area contributed by atoms with Crippen molar-refractivity contribution in [1.29, 1.82) is 5.26 Å². The van der Waals surface area contributed by atoms with E-state index in [2.05, 4.69) is 16.4 Å². The van der Waals surface area contributed by atoms with E-state index < -0.39 is 0 Å². The van der Waals surface area contributed by atoms with Crippen LogP contribution in [0.25, 0.3) is 10.9 Å². The van der Waals surface area contributed by atoms with Crippen molar-refractivity contribution in [3.63, 3.8) is 0 Å². The lowest BCUT2D eigenvalue weighted by Gasteiger charge is -2.14. The topological polar surface area (TPSA) is 87.8 Å². The van der Waals surface area contributed by atoms with Gasteiger partial charge in [0.1, 0.15) is 0 Å². The van der Waals surface area contributed by atoms with Crippen molar-refractivity contribution < 1.29 is 4.79 Å². The Morgan fingerprint density at radius 2 is 1.97 bits per heavy atom. The third-order valence-corrected chi connectivity index (χ3v) is 6.63. The summed E-state index contributed by atoms with van der Waals surface area (Å²) in [5, 5.41) is 13.1. The monoisotopic (exact) mass is 452 g/mol. The highest BCUT2D eigenvalue weighted by molar-refractivity contribution is 8.00. The van der Waals surface area contributed by atoms with Gasteiger partial charge in [0.05, 0.1) is 28.4 Å². The van der Waals surface area contributed by atoms with Gasteiger partial charge in [0.2, 0.25) is 5.91 Å². The first-order valence-electron chi connectivity index (χ1n) is 10.1. The number of carbonyl (C=O) groups is 1. The molecule has 1 N–H and O–H groups in total. The Labute approximate surface area is 190 Å². The van der Waals surface area contributed by atoms with Gasteiger partial charge in [-0.1, -0.05) is 49.9 Å². The van der Waals surface area contributed by atoms with Crippen molar-refractivity contribution in [2.24, 2.45) is 0 Å². The molecule has 0 spiro atoms. The molecular formula is C23H24N4O2S2. The van der Waals surface area contributed by atoms with E-state index >= 15 is 0 Å². The molecule has 0 bridgehead atoms. The number of hydrogen-bond acceptors (Lipinski definition) is 6. The predicted molar refractivity (Wildman–Crippen MR) is 128 cm³/mol. The number of benzene rings is 2. The first-order chi connectivity index (χ1) is 15.0. The van der Waals surface area contributed by atoms with Crippen LogP contribution >= 0.6 is 23.5 Å². The van der Waals surface area contributed by atoms with Crippen molar-refractivity contribution in [2.45, 2.75) is 48.5 Å². The second kappa shape index (κ2) is 11.0. The highest BCUT2D eigenvalue weighted by Crippen LogP contribution is 2.31. The third-order valence-electron chi connectivity index (χ3n) is 4.47. The van der Waals surface area contributed by atoms with E-state index in [0.29, 0.717) is 29.0 Å². The van der Waals surface area contributed by atoms with E-state index in [1.807, 2.05) is 56.3 Å². The van der Waals surface area contributed by atoms with Crippen LogP contribution in [0.1, 0.15) is 26.7 Å². The summed E-state index contributed by atoms with van der Waals surface area (Å²) in [6.45, 7) is 4.54. The van der Waals surface area contributed by atoms with Gasteiger partial charge >= 0.3 is 0 Å². The Bertz CT molecular complexity index is 1170. The number of aromatic nitrogens is 2. The molecule has 3 aromatic rings.